The Morgan fingerprint density at radius 1 is 1.54 bits per heavy atom. The number of halogens is 3. The quantitative estimate of drug-likeness (QED) is 0.701. The Kier molecular flexibility index (Phi) is 4.76. The molecule has 0 aromatic rings. The van der Waals surface area contributed by atoms with Crippen LogP contribution in [-0.2, 0) is 4.79 Å². The van der Waals surface area contributed by atoms with Crippen LogP contribution in [0.1, 0.15) is 19.8 Å². The molecule has 0 radical (unpaired) electrons. The van der Waals surface area contributed by atoms with Crippen LogP contribution in [0.15, 0.2) is 0 Å². The minimum Gasteiger partial charge on any atom is -0.347 e. The van der Waals surface area contributed by atoms with Gasteiger partial charge in [0.05, 0.1) is 0 Å². The van der Waals surface area contributed by atoms with Gasteiger partial charge in [-0.25, -0.2) is 0 Å². The summed E-state index contributed by atoms with van der Waals surface area (Å²) in [5, 5.41) is 1.74. The maximum Gasteiger partial charge on any atom is 0.405 e. The standard InChI is InChI=1S/C7H13F3N2O/c1-2-5(11)3-6(13)12-4-7(8,9)10/h5H,2-4,11H2,1H3,(H,12,13). The Labute approximate surface area is 74.5 Å². The van der Waals surface area contributed by atoms with Crippen molar-refractivity contribution in [2.75, 3.05) is 6.54 Å². The van der Waals surface area contributed by atoms with Crippen molar-refractivity contribution in [2.24, 2.45) is 5.73 Å². The van der Waals surface area contributed by atoms with Crippen molar-refractivity contribution in [1.82, 2.24) is 5.32 Å². The molecule has 1 amide bonds. The summed E-state index contributed by atoms with van der Waals surface area (Å²) < 4.78 is 34.8. The molecule has 0 aliphatic carbocycles. The molecule has 0 aromatic heterocycles. The van der Waals surface area contributed by atoms with Crippen molar-refractivity contribution in [2.45, 2.75) is 32.0 Å². The summed E-state index contributed by atoms with van der Waals surface area (Å²) in [7, 11) is 0. The van der Waals surface area contributed by atoms with Crippen molar-refractivity contribution in [1.29, 1.82) is 0 Å². The number of hydrogen-bond donors (Lipinski definition) is 2. The van der Waals surface area contributed by atoms with Crippen LogP contribution in [0.25, 0.3) is 0 Å². The van der Waals surface area contributed by atoms with E-state index in [1.165, 1.54) is 0 Å². The predicted octanol–water partition coefficient (Wildman–Crippen LogP) is 0.792. The maximum atomic E-state index is 11.6. The van der Waals surface area contributed by atoms with Gasteiger partial charge in [0.1, 0.15) is 6.54 Å². The van der Waals surface area contributed by atoms with E-state index in [4.69, 9.17) is 5.73 Å². The van der Waals surface area contributed by atoms with Crippen molar-refractivity contribution in [3.05, 3.63) is 0 Å². The Balaban J connectivity index is 3.64. The average molecular weight is 198 g/mol. The summed E-state index contributed by atoms with van der Waals surface area (Å²) in [5.41, 5.74) is 5.37. The van der Waals surface area contributed by atoms with Crippen molar-refractivity contribution in [3.63, 3.8) is 0 Å². The molecule has 0 heterocycles. The molecule has 0 bridgehead atoms. The van der Waals surface area contributed by atoms with E-state index in [2.05, 4.69) is 0 Å². The van der Waals surface area contributed by atoms with Gasteiger partial charge >= 0.3 is 6.18 Å². The molecule has 0 spiro atoms. The van der Waals surface area contributed by atoms with E-state index in [1.807, 2.05) is 0 Å². The van der Waals surface area contributed by atoms with Crippen LogP contribution in [-0.4, -0.2) is 24.7 Å². The highest BCUT2D eigenvalue weighted by molar-refractivity contribution is 5.76. The summed E-state index contributed by atoms with van der Waals surface area (Å²) in [5.74, 6) is -0.660. The van der Waals surface area contributed by atoms with Gasteiger partial charge in [-0.3, -0.25) is 4.79 Å². The number of amides is 1. The molecule has 0 rings (SSSR count). The fourth-order valence-corrected chi connectivity index (χ4v) is 0.653. The molecule has 0 aliphatic heterocycles. The number of nitrogens with one attached hydrogen (secondary N) is 1. The Morgan fingerprint density at radius 2 is 2.08 bits per heavy atom. The lowest BCUT2D eigenvalue weighted by Crippen LogP contribution is -2.37. The van der Waals surface area contributed by atoms with Gasteiger partial charge in [0.15, 0.2) is 0 Å². The fourth-order valence-electron chi connectivity index (χ4n) is 0.653. The van der Waals surface area contributed by atoms with Gasteiger partial charge in [0, 0.05) is 12.5 Å². The van der Waals surface area contributed by atoms with Crippen LogP contribution in [0.5, 0.6) is 0 Å². The smallest absolute Gasteiger partial charge is 0.347 e. The van der Waals surface area contributed by atoms with E-state index in [-0.39, 0.29) is 12.5 Å². The second-order valence-electron chi connectivity index (χ2n) is 2.76. The van der Waals surface area contributed by atoms with Crippen LogP contribution >= 0.6 is 0 Å². The van der Waals surface area contributed by atoms with Gasteiger partial charge in [0.2, 0.25) is 5.91 Å². The van der Waals surface area contributed by atoms with E-state index in [1.54, 1.807) is 12.2 Å². The van der Waals surface area contributed by atoms with Crippen molar-refractivity contribution >= 4 is 5.91 Å². The number of nitrogens with two attached hydrogens (primary N) is 1. The van der Waals surface area contributed by atoms with Crippen molar-refractivity contribution < 1.29 is 18.0 Å². The number of carbonyl (C=O) groups excluding carboxylic acids is 1. The zero-order chi connectivity index (χ0) is 10.5. The van der Waals surface area contributed by atoms with Crippen LogP contribution < -0.4 is 11.1 Å². The second kappa shape index (κ2) is 5.06. The summed E-state index contributed by atoms with van der Waals surface area (Å²) >= 11 is 0. The highest BCUT2D eigenvalue weighted by atomic mass is 19.4. The minimum atomic E-state index is -4.36. The molecule has 3 N–H and O–H groups in total. The van der Waals surface area contributed by atoms with Gasteiger partial charge in [0.25, 0.3) is 0 Å². The average Bonchev–Trinajstić information content (AvgIpc) is 1.99. The molecule has 1 atom stereocenters. The van der Waals surface area contributed by atoms with E-state index in [9.17, 15) is 18.0 Å². The highest BCUT2D eigenvalue weighted by Crippen LogP contribution is 2.12. The lowest BCUT2D eigenvalue weighted by molar-refractivity contribution is -0.138. The van der Waals surface area contributed by atoms with E-state index < -0.39 is 18.6 Å². The van der Waals surface area contributed by atoms with E-state index >= 15 is 0 Å². The molecule has 0 fully saturated rings. The van der Waals surface area contributed by atoms with Gasteiger partial charge in [-0.05, 0) is 6.42 Å². The topological polar surface area (TPSA) is 55.1 Å². The molecule has 13 heavy (non-hydrogen) atoms. The molecule has 0 saturated heterocycles. The normalized spacial score (nSPS) is 13.9. The van der Waals surface area contributed by atoms with Gasteiger partial charge in [-0.1, -0.05) is 6.92 Å². The molecule has 1 unspecified atom stereocenters. The first-order valence-corrected chi connectivity index (χ1v) is 3.94. The summed E-state index contributed by atoms with van der Waals surface area (Å²) in [4.78, 5) is 10.8. The number of rotatable bonds is 4. The number of carbonyl (C=O) groups is 1. The molecule has 3 nitrogen and oxygen atoms in total. The van der Waals surface area contributed by atoms with E-state index in [0.717, 1.165) is 0 Å². The lowest BCUT2D eigenvalue weighted by atomic mass is 10.1. The monoisotopic (exact) mass is 198 g/mol. The Hall–Kier alpha value is -0.780. The van der Waals surface area contributed by atoms with Gasteiger partial charge < -0.3 is 11.1 Å². The summed E-state index contributed by atoms with van der Waals surface area (Å²) in [6.45, 7) is 0.476. The zero-order valence-corrected chi connectivity index (χ0v) is 7.32. The van der Waals surface area contributed by atoms with E-state index in [0.29, 0.717) is 6.42 Å². The summed E-state index contributed by atoms with van der Waals surface area (Å²) in [6.07, 6.45) is -3.85. The third-order valence-corrected chi connectivity index (χ3v) is 1.46. The molecule has 6 heteroatoms. The lowest BCUT2D eigenvalue weighted by Gasteiger charge is -2.10. The van der Waals surface area contributed by atoms with Crippen LogP contribution in [0.2, 0.25) is 0 Å². The largest absolute Gasteiger partial charge is 0.405 e. The Morgan fingerprint density at radius 3 is 2.46 bits per heavy atom. The molecular formula is C7H13F3N2O. The SMILES string of the molecule is CCC(N)CC(=O)NCC(F)(F)F. The first kappa shape index (κ1) is 12.2. The second-order valence-corrected chi connectivity index (χ2v) is 2.76. The minimum absolute atomic E-state index is 0.0629. The first-order chi connectivity index (χ1) is 5.85. The molecule has 0 saturated carbocycles. The molecule has 78 valence electrons. The molecular weight excluding hydrogens is 185 g/mol. The highest BCUT2D eigenvalue weighted by Gasteiger charge is 2.27. The van der Waals surface area contributed by atoms with Crippen LogP contribution in [0.3, 0.4) is 0 Å². The Bertz CT molecular complexity index is 170. The molecule has 0 aliphatic rings. The molecule has 0 aromatic carbocycles. The zero-order valence-electron chi connectivity index (χ0n) is 7.32. The van der Waals surface area contributed by atoms with Crippen LogP contribution in [0.4, 0.5) is 13.2 Å². The first-order valence-electron chi connectivity index (χ1n) is 3.94. The maximum absolute atomic E-state index is 11.6. The van der Waals surface area contributed by atoms with Crippen LogP contribution in [0, 0.1) is 0 Å². The van der Waals surface area contributed by atoms with Crippen molar-refractivity contribution in [3.8, 4) is 0 Å². The third-order valence-electron chi connectivity index (χ3n) is 1.46. The summed E-state index contributed by atoms with van der Waals surface area (Å²) in [6, 6.07) is -0.367. The predicted molar refractivity (Wildman–Crippen MR) is 41.9 cm³/mol. The van der Waals surface area contributed by atoms with Gasteiger partial charge in [-0.15, -0.1) is 0 Å². The van der Waals surface area contributed by atoms with Gasteiger partial charge in [-0.2, -0.15) is 13.2 Å². The number of hydrogen-bond acceptors (Lipinski definition) is 2. The number of alkyl halides is 3. The fraction of sp³-hybridized carbons (Fsp3) is 0.857. The third kappa shape index (κ3) is 7.58.